The fraction of sp³-hybridized carbons (Fsp3) is 0.176. The number of rotatable bonds is 6. The van der Waals surface area contributed by atoms with E-state index in [2.05, 4.69) is 42.4 Å². The number of halogens is 2. The van der Waals surface area contributed by atoms with Crippen molar-refractivity contribution < 1.29 is 14.3 Å². The number of carbonyl (C=O) groups excluding carboxylic acids is 1. The summed E-state index contributed by atoms with van der Waals surface area (Å²) in [5.41, 5.74) is 4.50. The van der Waals surface area contributed by atoms with Crippen LogP contribution in [0.4, 0.5) is 0 Å². The third kappa shape index (κ3) is 5.35. The highest BCUT2D eigenvalue weighted by atomic mass is 79.9. The first-order valence-corrected chi connectivity index (χ1v) is 8.62. The zero-order valence-corrected chi connectivity index (χ0v) is 16.3. The standard InChI is InChI=1S/C17H16Br2N2O3/c1-11-3-5-12(6-4-11)9-20-21-16(22)10-24-17-14(18)7-13(23-2)8-15(17)19/h3-9H,10H2,1-2H3,(H,21,22)/b20-9-. The molecule has 2 aromatic rings. The van der Waals surface area contributed by atoms with Crippen LogP contribution in [0.5, 0.6) is 11.5 Å². The smallest absolute Gasteiger partial charge is 0.277 e. The van der Waals surface area contributed by atoms with Crippen LogP contribution < -0.4 is 14.9 Å². The summed E-state index contributed by atoms with van der Waals surface area (Å²) in [7, 11) is 1.58. The number of carbonyl (C=O) groups is 1. The first-order valence-electron chi connectivity index (χ1n) is 7.04. The molecule has 1 N–H and O–H groups in total. The average molecular weight is 456 g/mol. The number of hydrazone groups is 1. The molecule has 0 heterocycles. The van der Waals surface area contributed by atoms with Gasteiger partial charge in [-0.25, -0.2) is 5.43 Å². The normalized spacial score (nSPS) is 10.7. The molecule has 0 unspecified atom stereocenters. The lowest BCUT2D eigenvalue weighted by molar-refractivity contribution is -0.123. The number of nitrogens with one attached hydrogen (secondary N) is 1. The molecule has 0 bridgehead atoms. The minimum Gasteiger partial charge on any atom is -0.497 e. The van der Waals surface area contributed by atoms with Crippen LogP contribution in [0.15, 0.2) is 50.4 Å². The van der Waals surface area contributed by atoms with Crippen molar-refractivity contribution >= 4 is 44.0 Å². The summed E-state index contributed by atoms with van der Waals surface area (Å²) in [5.74, 6) is 0.842. The van der Waals surface area contributed by atoms with E-state index in [-0.39, 0.29) is 12.5 Å². The Labute approximate surface area is 157 Å². The molecule has 0 saturated heterocycles. The zero-order valence-electron chi connectivity index (χ0n) is 13.2. The van der Waals surface area contributed by atoms with Crippen LogP contribution in [-0.4, -0.2) is 25.8 Å². The molecule has 0 spiro atoms. The van der Waals surface area contributed by atoms with Crippen LogP contribution in [0.25, 0.3) is 0 Å². The number of methoxy groups -OCH3 is 1. The Hall–Kier alpha value is -1.86. The molecule has 5 nitrogen and oxygen atoms in total. The summed E-state index contributed by atoms with van der Waals surface area (Å²) in [6.07, 6.45) is 1.58. The van der Waals surface area contributed by atoms with Gasteiger partial charge < -0.3 is 9.47 Å². The maximum Gasteiger partial charge on any atom is 0.277 e. The maximum atomic E-state index is 11.8. The highest BCUT2D eigenvalue weighted by Crippen LogP contribution is 2.37. The predicted octanol–water partition coefficient (Wildman–Crippen LogP) is 4.06. The van der Waals surface area contributed by atoms with Crippen LogP contribution in [-0.2, 0) is 4.79 Å². The minimum atomic E-state index is -0.354. The van der Waals surface area contributed by atoms with Gasteiger partial charge in [0.1, 0.15) is 11.5 Å². The van der Waals surface area contributed by atoms with E-state index in [0.29, 0.717) is 20.4 Å². The Morgan fingerprint density at radius 1 is 1.21 bits per heavy atom. The fourth-order valence-electron chi connectivity index (χ4n) is 1.79. The highest BCUT2D eigenvalue weighted by Gasteiger charge is 2.11. The Morgan fingerprint density at radius 3 is 2.42 bits per heavy atom. The van der Waals surface area contributed by atoms with Gasteiger partial charge in [0.05, 0.1) is 22.3 Å². The van der Waals surface area contributed by atoms with Gasteiger partial charge in [-0.1, -0.05) is 29.8 Å². The lowest BCUT2D eigenvalue weighted by Gasteiger charge is -2.11. The number of amides is 1. The Kier molecular flexibility index (Phi) is 6.81. The van der Waals surface area contributed by atoms with Crippen molar-refractivity contribution in [2.45, 2.75) is 6.92 Å². The largest absolute Gasteiger partial charge is 0.497 e. The zero-order chi connectivity index (χ0) is 17.5. The van der Waals surface area contributed by atoms with Gasteiger partial charge in [-0.15, -0.1) is 0 Å². The molecule has 0 radical (unpaired) electrons. The van der Waals surface area contributed by atoms with Gasteiger partial charge >= 0.3 is 0 Å². The van der Waals surface area contributed by atoms with Gasteiger partial charge in [0, 0.05) is 0 Å². The second kappa shape index (κ2) is 8.84. The summed E-state index contributed by atoms with van der Waals surface area (Å²) in [5, 5.41) is 3.91. The average Bonchev–Trinajstić information content (AvgIpc) is 2.55. The van der Waals surface area contributed by atoms with E-state index in [1.165, 1.54) is 5.56 Å². The second-order valence-electron chi connectivity index (χ2n) is 4.91. The molecular formula is C17H16Br2N2O3. The minimum absolute atomic E-state index is 0.158. The van der Waals surface area contributed by atoms with Gasteiger partial charge in [0.2, 0.25) is 0 Å². The summed E-state index contributed by atoms with van der Waals surface area (Å²) in [4.78, 5) is 11.8. The molecule has 126 valence electrons. The molecule has 0 aromatic heterocycles. The molecular weight excluding hydrogens is 440 g/mol. The molecule has 0 aliphatic heterocycles. The van der Waals surface area contributed by atoms with E-state index in [1.807, 2.05) is 31.2 Å². The van der Waals surface area contributed by atoms with E-state index >= 15 is 0 Å². The lowest BCUT2D eigenvalue weighted by atomic mass is 10.2. The number of hydrogen-bond acceptors (Lipinski definition) is 4. The van der Waals surface area contributed by atoms with Crippen molar-refractivity contribution in [2.75, 3.05) is 13.7 Å². The molecule has 0 atom stereocenters. The SMILES string of the molecule is COc1cc(Br)c(OCC(=O)N/N=C\c2ccc(C)cc2)c(Br)c1. The second-order valence-corrected chi connectivity index (χ2v) is 6.62. The van der Waals surface area contributed by atoms with E-state index in [0.717, 1.165) is 5.56 Å². The Balaban J connectivity index is 1.88. The lowest BCUT2D eigenvalue weighted by Crippen LogP contribution is -2.24. The van der Waals surface area contributed by atoms with Crippen molar-refractivity contribution in [1.29, 1.82) is 0 Å². The summed E-state index contributed by atoms with van der Waals surface area (Å²) in [6, 6.07) is 11.3. The molecule has 0 fully saturated rings. The van der Waals surface area contributed by atoms with Crippen LogP contribution >= 0.6 is 31.9 Å². The number of ether oxygens (including phenoxy) is 2. The first kappa shape index (κ1) is 18.5. The van der Waals surface area contributed by atoms with Crippen LogP contribution in [0, 0.1) is 6.92 Å². The maximum absolute atomic E-state index is 11.8. The third-order valence-electron chi connectivity index (χ3n) is 3.04. The summed E-state index contributed by atoms with van der Waals surface area (Å²) in [6.45, 7) is 1.85. The molecule has 0 aliphatic carbocycles. The van der Waals surface area contributed by atoms with Gasteiger partial charge in [-0.2, -0.15) is 5.10 Å². The van der Waals surface area contributed by atoms with Crippen molar-refractivity contribution in [2.24, 2.45) is 5.10 Å². The molecule has 2 rings (SSSR count). The highest BCUT2D eigenvalue weighted by molar-refractivity contribution is 9.11. The van der Waals surface area contributed by atoms with E-state index in [1.54, 1.807) is 25.5 Å². The third-order valence-corrected chi connectivity index (χ3v) is 4.21. The topological polar surface area (TPSA) is 59.9 Å². The number of aryl methyl sites for hydroxylation is 1. The predicted molar refractivity (Wildman–Crippen MR) is 101 cm³/mol. The van der Waals surface area contributed by atoms with Crippen LogP contribution in [0.2, 0.25) is 0 Å². The van der Waals surface area contributed by atoms with Gasteiger partial charge in [-0.3, -0.25) is 4.79 Å². The number of benzene rings is 2. The van der Waals surface area contributed by atoms with E-state index < -0.39 is 0 Å². The van der Waals surface area contributed by atoms with Crippen LogP contribution in [0.1, 0.15) is 11.1 Å². The van der Waals surface area contributed by atoms with Gasteiger partial charge in [0.15, 0.2) is 6.61 Å². The molecule has 0 saturated carbocycles. The molecule has 0 aliphatic rings. The fourth-order valence-corrected chi connectivity index (χ4v) is 3.17. The van der Waals surface area contributed by atoms with Crippen molar-refractivity contribution in [1.82, 2.24) is 5.43 Å². The molecule has 2 aromatic carbocycles. The first-order chi connectivity index (χ1) is 11.5. The van der Waals surface area contributed by atoms with Crippen molar-refractivity contribution in [3.05, 3.63) is 56.5 Å². The summed E-state index contributed by atoms with van der Waals surface area (Å²) < 4.78 is 12.0. The molecule has 24 heavy (non-hydrogen) atoms. The molecule has 1 amide bonds. The number of nitrogens with zero attached hydrogens (tertiary/aromatic N) is 1. The Bertz CT molecular complexity index is 723. The summed E-state index contributed by atoms with van der Waals surface area (Å²) >= 11 is 6.76. The Morgan fingerprint density at radius 2 is 1.83 bits per heavy atom. The monoisotopic (exact) mass is 454 g/mol. The van der Waals surface area contributed by atoms with Crippen LogP contribution in [0.3, 0.4) is 0 Å². The van der Waals surface area contributed by atoms with Gasteiger partial charge in [0.25, 0.3) is 5.91 Å². The van der Waals surface area contributed by atoms with Crippen molar-refractivity contribution in [3.63, 3.8) is 0 Å². The molecule has 7 heteroatoms. The van der Waals surface area contributed by atoms with Gasteiger partial charge in [-0.05, 0) is 56.5 Å². The quantitative estimate of drug-likeness (QED) is 0.527. The van der Waals surface area contributed by atoms with E-state index in [9.17, 15) is 4.79 Å². The number of hydrogen-bond donors (Lipinski definition) is 1. The van der Waals surface area contributed by atoms with Crippen molar-refractivity contribution in [3.8, 4) is 11.5 Å². The van der Waals surface area contributed by atoms with E-state index in [4.69, 9.17) is 9.47 Å².